The van der Waals surface area contributed by atoms with Gasteiger partial charge in [0.2, 0.25) is 0 Å². The van der Waals surface area contributed by atoms with E-state index in [0.29, 0.717) is 0 Å². The van der Waals surface area contributed by atoms with Gasteiger partial charge in [-0.15, -0.1) is 0 Å². The fourth-order valence-corrected chi connectivity index (χ4v) is 3.18. The number of aliphatic carboxylic acids is 1. The van der Waals surface area contributed by atoms with Crippen LogP contribution < -0.4 is 0 Å². The molecule has 0 radical (unpaired) electrons. The molecular weight excluding hydrogens is 250 g/mol. The highest BCUT2D eigenvalue weighted by Crippen LogP contribution is 2.26. The van der Waals surface area contributed by atoms with Gasteiger partial charge in [0, 0.05) is 12.6 Å². The zero-order valence-electron chi connectivity index (χ0n) is 12.9. The van der Waals surface area contributed by atoms with E-state index in [-0.39, 0.29) is 12.0 Å². The second-order valence-corrected chi connectivity index (χ2v) is 6.16. The predicted molar refractivity (Wildman–Crippen MR) is 80.9 cm³/mol. The van der Waals surface area contributed by atoms with Crippen LogP contribution in [0.1, 0.15) is 42.0 Å². The summed E-state index contributed by atoms with van der Waals surface area (Å²) in [6, 6.07) is 4.60. The van der Waals surface area contributed by atoms with E-state index in [9.17, 15) is 9.90 Å². The van der Waals surface area contributed by atoms with Crippen LogP contribution in [0.5, 0.6) is 0 Å². The number of benzene rings is 1. The van der Waals surface area contributed by atoms with Crippen LogP contribution in [-0.4, -0.2) is 28.6 Å². The number of hydrogen-bond acceptors (Lipinski definition) is 2. The van der Waals surface area contributed by atoms with E-state index in [1.807, 2.05) is 6.92 Å². The molecule has 1 aromatic carbocycles. The van der Waals surface area contributed by atoms with Crippen LogP contribution in [0.2, 0.25) is 0 Å². The molecule has 1 fully saturated rings. The number of aryl methyl sites for hydroxylation is 3. The highest BCUT2D eigenvalue weighted by atomic mass is 16.4. The van der Waals surface area contributed by atoms with Gasteiger partial charge in [-0.05, 0) is 69.3 Å². The van der Waals surface area contributed by atoms with Crippen molar-refractivity contribution >= 4 is 5.97 Å². The molecule has 1 aliphatic heterocycles. The Morgan fingerprint density at radius 1 is 1.25 bits per heavy atom. The number of nitrogens with zero attached hydrogens (tertiary/aromatic N) is 1. The molecule has 0 aromatic heterocycles. The van der Waals surface area contributed by atoms with E-state index in [4.69, 9.17) is 0 Å². The zero-order chi connectivity index (χ0) is 14.9. The number of piperidine rings is 1. The molecule has 0 saturated carbocycles. The normalized spacial score (nSPS) is 23.8. The lowest BCUT2D eigenvalue weighted by atomic mass is 9.89. The summed E-state index contributed by atoms with van der Waals surface area (Å²) in [4.78, 5) is 13.6. The molecule has 20 heavy (non-hydrogen) atoms. The largest absolute Gasteiger partial charge is 0.481 e. The Balaban J connectivity index is 2.17. The zero-order valence-corrected chi connectivity index (χ0v) is 12.9. The molecule has 3 nitrogen and oxygen atoms in total. The monoisotopic (exact) mass is 275 g/mol. The number of hydrogen-bond donors (Lipinski definition) is 1. The molecule has 1 saturated heterocycles. The number of carbonyl (C=O) groups is 1. The standard InChI is InChI=1S/C17H25NO2/c1-11-8-13(3)15(9-12(11)2)10-18-7-5-6-16(14(18)4)17(19)20/h8-9,14,16H,5-7,10H2,1-4H3,(H,19,20)/t14-,16-/m1/s1. The fraction of sp³-hybridized carbons (Fsp3) is 0.588. The summed E-state index contributed by atoms with van der Waals surface area (Å²) in [5, 5.41) is 9.30. The molecule has 1 aromatic rings. The van der Waals surface area contributed by atoms with Gasteiger partial charge in [0.25, 0.3) is 0 Å². The molecule has 3 heteroatoms. The van der Waals surface area contributed by atoms with Crippen molar-refractivity contribution in [2.45, 2.75) is 53.1 Å². The van der Waals surface area contributed by atoms with Crippen LogP contribution in [0, 0.1) is 26.7 Å². The van der Waals surface area contributed by atoms with Gasteiger partial charge in [0.1, 0.15) is 0 Å². The minimum atomic E-state index is -0.654. The van der Waals surface area contributed by atoms with Crippen molar-refractivity contribution in [3.63, 3.8) is 0 Å². The van der Waals surface area contributed by atoms with Crippen molar-refractivity contribution in [2.24, 2.45) is 5.92 Å². The van der Waals surface area contributed by atoms with Crippen molar-refractivity contribution in [3.05, 3.63) is 34.4 Å². The Labute approximate surface area is 121 Å². The summed E-state index contributed by atoms with van der Waals surface area (Å²) < 4.78 is 0. The van der Waals surface area contributed by atoms with Crippen LogP contribution in [0.25, 0.3) is 0 Å². The number of carboxylic acid groups (broad SMARTS) is 1. The topological polar surface area (TPSA) is 40.5 Å². The van der Waals surface area contributed by atoms with E-state index in [1.54, 1.807) is 0 Å². The molecule has 2 rings (SSSR count). The Morgan fingerprint density at radius 2 is 1.90 bits per heavy atom. The molecular formula is C17H25NO2. The first-order valence-corrected chi connectivity index (χ1v) is 7.43. The quantitative estimate of drug-likeness (QED) is 0.920. The van der Waals surface area contributed by atoms with Crippen LogP contribution in [0.4, 0.5) is 0 Å². The lowest BCUT2D eigenvalue weighted by molar-refractivity contribution is -0.145. The van der Waals surface area contributed by atoms with Gasteiger partial charge in [-0.25, -0.2) is 0 Å². The van der Waals surface area contributed by atoms with Gasteiger partial charge in [-0.1, -0.05) is 12.1 Å². The van der Waals surface area contributed by atoms with E-state index >= 15 is 0 Å². The van der Waals surface area contributed by atoms with E-state index in [1.165, 1.54) is 22.3 Å². The molecule has 1 aliphatic rings. The first-order chi connectivity index (χ1) is 9.40. The first-order valence-electron chi connectivity index (χ1n) is 7.43. The second-order valence-electron chi connectivity index (χ2n) is 6.16. The molecule has 0 unspecified atom stereocenters. The summed E-state index contributed by atoms with van der Waals surface area (Å²) >= 11 is 0. The van der Waals surface area contributed by atoms with Crippen molar-refractivity contribution in [3.8, 4) is 0 Å². The molecule has 0 bridgehead atoms. The average Bonchev–Trinajstić information content (AvgIpc) is 2.37. The van der Waals surface area contributed by atoms with Gasteiger partial charge in [0.15, 0.2) is 0 Å². The van der Waals surface area contributed by atoms with Crippen LogP contribution in [0.15, 0.2) is 12.1 Å². The average molecular weight is 275 g/mol. The van der Waals surface area contributed by atoms with E-state index < -0.39 is 5.97 Å². The minimum absolute atomic E-state index is 0.113. The van der Waals surface area contributed by atoms with Crippen molar-refractivity contribution in [1.82, 2.24) is 4.90 Å². The Hall–Kier alpha value is -1.35. The highest BCUT2D eigenvalue weighted by Gasteiger charge is 2.32. The number of likely N-dealkylation sites (tertiary alicyclic amines) is 1. The summed E-state index contributed by atoms with van der Waals surface area (Å²) in [7, 11) is 0. The molecule has 0 spiro atoms. The summed E-state index contributed by atoms with van der Waals surface area (Å²) in [6.45, 7) is 10.3. The van der Waals surface area contributed by atoms with E-state index in [2.05, 4.69) is 37.8 Å². The molecule has 0 amide bonds. The number of rotatable bonds is 3. The van der Waals surface area contributed by atoms with E-state index in [0.717, 1.165) is 25.9 Å². The minimum Gasteiger partial charge on any atom is -0.481 e. The Bertz CT molecular complexity index is 510. The third-order valence-corrected chi connectivity index (χ3v) is 4.76. The third-order valence-electron chi connectivity index (χ3n) is 4.76. The molecule has 110 valence electrons. The molecule has 2 atom stereocenters. The predicted octanol–water partition coefficient (Wildman–Crippen LogP) is 3.30. The van der Waals surface area contributed by atoms with Crippen LogP contribution in [-0.2, 0) is 11.3 Å². The molecule has 1 heterocycles. The maximum Gasteiger partial charge on any atom is 0.308 e. The summed E-state index contributed by atoms with van der Waals surface area (Å²) in [5.41, 5.74) is 5.26. The van der Waals surface area contributed by atoms with Gasteiger partial charge in [-0.3, -0.25) is 9.69 Å². The summed E-state index contributed by atoms with van der Waals surface area (Å²) in [6.07, 6.45) is 1.78. The van der Waals surface area contributed by atoms with Crippen molar-refractivity contribution in [2.75, 3.05) is 6.54 Å². The van der Waals surface area contributed by atoms with Crippen LogP contribution >= 0.6 is 0 Å². The number of carboxylic acids is 1. The SMILES string of the molecule is Cc1cc(C)c(CN2CCC[C@@H](C(=O)O)[C@H]2C)cc1C. The molecule has 1 N–H and O–H groups in total. The lowest BCUT2D eigenvalue weighted by Crippen LogP contribution is -2.45. The van der Waals surface area contributed by atoms with Gasteiger partial charge in [-0.2, -0.15) is 0 Å². The first kappa shape index (κ1) is 15.0. The fourth-order valence-electron chi connectivity index (χ4n) is 3.18. The van der Waals surface area contributed by atoms with Gasteiger partial charge >= 0.3 is 5.97 Å². The molecule has 0 aliphatic carbocycles. The van der Waals surface area contributed by atoms with Crippen molar-refractivity contribution < 1.29 is 9.90 Å². The Morgan fingerprint density at radius 3 is 2.55 bits per heavy atom. The van der Waals surface area contributed by atoms with Gasteiger partial charge < -0.3 is 5.11 Å². The highest BCUT2D eigenvalue weighted by molar-refractivity contribution is 5.71. The second kappa shape index (κ2) is 5.96. The maximum atomic E-state index is 11.3. The van der Waals surface area contributed by atoms with Gasteiger partial charge in [0.05, 0.1) is 5.92 Å². The Kier molecular flexibility index (Phi) is 4.48. The lowest BCUT2D eigenvalue weighted by Gasteiger charge is -2.37. The smallest absolute Gasteiger partial charge is 0.308 e. The summed E-state index contributed by atoms with van der Waals surface area (Å²) in [5.74, 6) is -0.880. The van der Waals surface area contributed by atoms with Crippen molar-refractivity contribution in [1.29, 1.82) is 0 Å². The van der Waals surface area contributed by atoms with Crippen LogP contribution in [0.3, 0.4) is 0 Å². The maximum absolute atomic E-state index is 11.3. The third kappa shape index (κ3) is 3.04.